The van der Waals surface area contributed by atoms with Crippen molar-refractivity contribution in [2.24, 2.45) is 0 Å². The van der Waals surface area contributed by atoms with Gasteiger partial charge in [0.25, 0.3) is 0 Å². The summed E-state index contributed by atoms with van der Waals surface area (Å²) in [6.07, 6.45) is 7.58. The molecule has 18 heavy (non-hydrogen) atoms. The number of amides is 1. The fourth-order valence-electron chi connectivity index (χ4n) is 2.42. The van der Waals surface area contributed by atoms with Gasteiger partial charge in [0.2, 0.25) is 5.91 Å². The minimum absolute atomic E-state index is 0.0136. The second-order valence-corrected chi connectivity index (χ2v) is 5.18. The Morgan fingerprint density at radius 1 is 1.56 bits per heavy atom. The second-order valence-electron chi connectivity index (χ2n) is 5.18. The highest BCUT2D eigenvalue weighted by atomic mass is 16.2. The molecule has 0 spiro atoms. The molecule has 0 radical (unpaired) electrons. The minimum atomic E-state index is -0.138. The van der Waals surface area contributed by atoms with E-state index >= 15 is 0 Å². The molecule has 1 amide bonds. The maximum atomic E-state index is 12.0. The van der Waals surface area contributed by atoms with E-state index in [0.717, 1.165) is 13.1 Å². The Labute approximate surface area is 110 Å². The number of terminal acetylenes is 1. The lowest BCUT2D eigenvalue weighted by Gasteiger charge is -2.33. The molecule has 1 rings (SSSR count). The van der Waals surface area contributed by atoms with Crippen molar-refractivity contribution in [3.63, 3.8) is 0 Å². The Balaban J connectivity index is 2.54. The molecule has 2 N–H and O–H groups in total. The predicted octanol–water partition coefficient (Wildman–Crippen LogP) is 0.587. The normalized spacial score (nSPS) is 21.0. The topological polar surface area (TPSA) is 44.4 Å². The number of carbonyl (C=O) groups is 1. The highest BCUT2D eigenvalue weighted by Crippen LogP contribution is 2.12. The molecule has 2 atom stereocenters. The van der Waals surface area contributed by atoms with Gasteiger partial charge < -0.3 is 10.6 Å². The molecule has 1 fully saturated rings. The average molecular weight is 251 g/mol. The number of rotatable bonds is 6. The molecule has 2 unspecified atom stereocenters. The van der Waals surface area contributed by atoms with Crippen molar-refractivity contribution in [2.45, 2.75) is 51.7 Å². The van der Waals surface area contributed by atoms with Gasteiger partial charge >= 0.3 is 0 Å². The van der Waals surface area contributed by atoms with E-state index in [2.05, 4.69) is 35.3 Å². The third-order valence-electron chi connectivity index (χ3n) is 3.50. The summed E-state index contributed by atoms with van der Waals surface area (Å²) in [6, 6.07) is 0.718. The maximum Gasteiger partial charge on any atom is 0.237 e. The number of hydrogen-bond donors (Lipinski definition) is 2. The number of nitrogens with zero attached hydrogens (tertiary/aromatic N) is 1. The van der Waals surface area contributed by atoms with E-state index in [0.29, 0.717) is 18.6 Å². The minimum Gasteiger partial charge on any atom is -0.344 e. The van der Waals surface area contributed by atoms with Gasteiger partial charge in [0.15, 0.2) is 0 Å². The predicted molar refractivity (Wildman–Crippen MR) is 74.2 cm³/mol. The van der Waals surface area contributed by atoms with Crippen LogP contribution >= 0.6 is 0 Å². The first kappa shape index (κ1) is 15.0. The van der Waals surface area contributed by atoms with Crippen molar-refractivity contribution in [1.82, 2.24) is 15.5 Å². The van der Waals surface area contributed by atoms with E-state index in [4.69, 9.17) is 6.42 Å². The smallest absolute Gasteiger partial charge is 0.237 e. The zero-order chi connectivity index (χ0) is 13.5. The Morgan fingerprint density at radius 3 is 2.78 bits per heavy atom. The molecule has 0 aromatic carbocycles. The molecule has 1 heterocycles. The first-order valence-corrected chi connectivity index (χ1v) is 6.76. The molecule has 0 aliphatic carbocycles. The van der Waals surface area contributed by atoms with Crippen molar-refractivity contribution in [1.29, 1.82) is 0 Å². The molecular formula is C14H25N3O. The van der Waals surface area contributed by atoms with Crippen LogP contribution in [0.2, 0.25) is 0 Å². The summed E-state index contributed by atoms with van der Waals surface area (Å²) in [6.45, 7) is 8.51. The van der Waals surface area contributed by atoms with Crippen molar-refractivity contribution in [3.05, 3.63) is 0 Å². The summed E-state index contributed by atoms with van der Waals surface area (Å²) in [5.74, 6) is 2.45. The standard InChI is InChI=1S/C14H25N3O/c1-5-8-16-14(18)12(4)17(11(2)3)10-13-7-6-9-15-13/h1,11-13,15H,6-10H2,2-4H3,(H,16,18). The molecule has 0 aromatic rings. The summed E-state index contributed by atoms with van der Waals surface area (Å²) < 4.78 is 0. The summed E-state index contributed by atoms with van der Waals surface area (Å²) in [4.78, 5) is 14.2. The number of nitrogens with one attached hydrogen (secondary N) is 2. The van der Waals surface area contributed by atoms with E-state index in [1.54, 1.807) is 0 Å². The van der Waals surface area contributed by atoms with E-state index < -0.39 is 0 Å². The number of carbonyl (C=O) groups excluding carboxylic acids is 1. The van der Waals surface area contributed by atoms with E-state index in [1.165, 1.54) is 12.8 Å². The largest absolute Gasteiger partial charge is 0.344 e. The zero-order valence-corrected chi connectivity index (χ0v) is 11.7. The van der Waals surface area contributed by atoms with Gasteiger partial charge in [-0.05, 0) is 40.2 Å². The van der Waals surface area contributed by atoms with Gasteiger partial charge in [0.05, 0.1) is 12.6 Å². The van der Waals surface area contributed by atoms with Crippen LogP contribution in [0.4, 0.5) is 0 Å². The Hall–Kier alpha value is -1.05. The summed E-state index contributed by atoms with van der Waals surface area (Å²) >= 11 is 0. The lowest BCUT2D eigenvalue weighted by molar-refractivity contribution is -0.126. The Kier molecular flexibility index (Phi) is 6.17. The van der Waals surface area contributed by atoms with Crippen LogP contribution in [-0.4, -0.2) is 48.6 Å². The third-order valence-corrected chi connectivity index (χ3v) is 3.50. The van der Waals surface area contributed by atoms with Crippen LogP contribution in [-0.2, 0) is 4.79 Å². The van der Waals surface area contributed by atoms with Gasteiger partial charge in [-0.2, -0.15) is 0 Å². The van der Waals surface area contributed by atoms with Crippen LogP contribution in [0.3, 0.4) is 0 Å². The quantitative estimate of drug-likeness (QED) is 0.679. The fourth-order valence-corrected chi connectivity index (χ4v) is 2.42. The van der Waals surface area contributed by atoms with Crippen molar-refractivity contribution in [3.8, 4) is 12.3 Å². The van der Waals surface area contributed by atoms with Gasteiger partial charge in [-0.15, -0.1) is 6.42 Å². The lowest BCUT2D eigenvalue weighted by Crippen LogP contribution is -2.52. The Morgan fingerprint density at radius 2 is 2.28 bits per heavy atom. The summed E-state index contributed by atoms with van der Waals surface area (Å²) in [5.41, 5.74) is 0. The van der Waals surface area contributed by atoms with Crippen LogP contribution in [0, 0.1) is 12.3 Å². The molecular weight excluding hydrogens is 226 g/mol. The van der Waals surface area contributed by atoms with Gasteiger partial charge in [-0.3, -0.25) is 9.69 Å². The molecule has 4 heteroatoms. The first-order valence-electron chi connectivity index (χ1n) is 6.76. The molecule has 0 saturated carbocycles. The van der Waals surface area contributed by atoms with Crippen molar-refractivity contribution in [2.75, 3.05) is 19.6 Å². The van der Waals surface area contributed by atoms with Crippen LogP contribution in [0.15, 0.2) is 0 Å². The average Bonchev–Trinajstić information content (AvgIpc) is 2.84. The van der Waals surface area contributed by atoms with Gasteiger partial charge in [0.1, 0.15) is 0 Å². The summed E-state index contributed by atoms with van der Waals surface area (Å²) in [5, 5.41) is 6.23. The molecule has 0 bridgehead atoms. The molecule has 1 aliphatic rings. The molecule has 4 nitrogen and oxygen atoms in total. The van der Waals surface area contributed by atoms with Crippen LogP contribution in [0.25, 0.3) is 0 Å². The van der Waals surface area contributed by atoms with Gasteiger partial charge in [-0.25, -0.2) is 0 Å². The van der Waals surface area contributed by atoms with E-state index in [-0.39, 0.29) is 11.9 Å². The first-order chi connectivity index (χ1) is 8.56. The summed E-state index contributed by atoms with van der Waals surface area (Å²) in [7, 11) is 0. The van der Waals surface area contributed by atoms with Gasteiger partial charge in [0, 0.05) is 18.6 Å². The lowest BCUT2D eigenvalue weighted by atomic mass is 10.1. The van der Waals surface area contributed by atoms with Crippen LogP contribution in [0.5, 0.6) is 0 Å². The molecule has 1 aliphatic heterocycles. The SMILES string of the molecule is C#CCNC(=O)C(C)N(CC1CCCN1)C(C)C. The highest BCUT2D eigenvalue weighted by molar-refractivity contribution is 5.81. The molecule has 102 valence electrons. The highest BCUT2D eigenvalue weighted by Gasteiger charge is 2.27. The monoisotopic (exact) mass is 251 g/mol. The second kappa shape index (κ2) is 7.40. The zero-order valence-electron chi connectivity index (χ0n) is 11.7. The van der Waals surface area contributed by atoms with Crippen molar-refractivity contribution >= 4 is 5.91 Å². The van der Waals surface area contributed by atoms with E-state index in [9.17, 15) is 4.79 Å². The van der Waals surface area contributed by atoms with Crippen LogP contribution in [0.1, 0.15) is 33.6 Å². The van der Waals surface area contributed by atoms with Crippen LogP contribution < -0.4 is 10.6 Å². The Bertz CT molecular complexity index is 303. The number of hydrogen-bond acceptors (Lipinski definition) is 3. The van der Waals surface area contributed by atoms with Crippen molar-refractivity contribution < 1.29 is 4.79 Å². The molecule has 1 saturated heterocycles. The fraction of sp³-hybridized carbons (Fsp3) is 0.786. The molecule has 0 aromatic heterocycles. The van der Waals surface area contributed by atoms with E-state index in [1.807, 2.05) is 6.92 Å². The van der Waals surface area contributed by atoms with Gasteiger partial charge in [-0.1, -0.05) is 5.92 Å². The maximum absolute atomic E-state index is 12.0. The third kappa shape index (κ3) is 4.32.